The highest BCUT2D eigenvalue weighted by Crippen LogP contribution is 2.29. The zero-order valence-electron chi connectivity index (χ0n) is 12.2. The van der Waals surface area contributed by atoms with Gasteiger partial charge in [-0.25, -0.2) is 10.3 Å². The molecule has 2 rings (SSSR count). The first kappa shape index (κ1) is 14.8. The van der Waals surface area contributed by atoms with Crippen LogP contribution in [0.4, 0.5) is 4.79 Å². The van der Waals surface area contributed by atoms with Crippen LogP contribution in [0.1, 0.15) is 25.3 Å². The second-order valence-corrected chi connectivity index (χ2v) is 5.50. The Labute approximate surface area is 120 Å². The molecule has 20 heavy (non-hydrogen) atoms. The molecule has 1 aliphatic heterocycles. The molecular weight excluding hydrogens is 254 g/mol. The number of urea groups is 1. The zero-order chi connectivity index (χ0) is 14.4. The van der Waals surface area contributed by atoms with Crippen molar-refractivity contribution in [3.8, 4) is 0 Å². The van der Waals surface area contributed by atoms with Crippen molar-refractivity contribution in [2.75, 3.05) is 20.2 Å². The summed E-state index contributed by atoms with van der Waals surface area (Å²) in [7, 11) is 1.43. The molecular formula is C15H23N3O2. The number of likely N-dealkylation sites (tertiary alicyclic amines) is 1. The highest BCUT2D eigenvalue weighted by molar-refractivity contribution is 5.72. The van der Waals surface area contributed by atoms with E-state index in [1.54, 1.807) is 0 Å². The summed E-state index contributed by atoms with van der Waals surface area (Å²) >= 11 is 0. The van der Waals surface area contributed by atoms with E-state index in [9.17, 15) is 4.79 Å². The van der Waals surface area contributed by atoms with Crippen LogP contribution in [0.15, 0.2) is 30.3 Å². The molecule has 1 heterocycles. The fourth-order valence-corrected chi connectivity index (χ4v) is 2.75. The molecule has 0 spiro atoms. The Morgan fingerprint density at radius 3 is 2.85 bits per heavy atom. The predicted molar refractivity (Wildman–Crippen MR) is 78.0 cm³/mol. The lowest BCUT2D eigenvalue weighted by Crippen LogP contribution is -2.51. The average Bonchev–Trinajstić information content (AvgIpc) is 2.80. The highest BCUT2D eigenvalue weighted by atomic mass is 16.6. The van der Waals surface area contributed by atoms with Crippen molar-refractivity contribution in [3.05, 3.63) is 35.9 Å². The van der Waals surface area contributed by atoms with Crippen LogP contribution in [0, 0.1) is 0 Å². The molecule has 0 aliphatic carbocycles. The van der Waals surface area contributed by atoms with Crippen LogP contribution in [-0.4, -0.2) is 36.7 Å². The van der Waals surface area contributed by atoms with Gasteiger partial charge in [0.05, 0.1) is 7.11 Å². The fraction of sp³-hybridized carbons (Fsp3) is 0.533. The molecule has 5 nitrogen and oxygen atoms in total. The van der Waals surface area contributed by atoms with Gasteiger partial charge in [-0.3, -0.25) is 9.74 Å². The van der Waals surface area contributed by atoms with Crippen LogP contribution in [-0.2, 0) is 11.4 Å². The molecule has 1 atom stereocenters. The molecule has 0 unspecified atom stereocenters. The van der Waals surface area contributed by atoms with E-state index in [-0.39, 0.29) is 11.6 Å². The van der Waals surface area contributed by atoms with Gasteiger partial charge in [-0.2, -0.15) is 0 Å². The molecule has 2 amide bonds. The lowest BCUT2D eigenvalue weighted by atomic mass is 9.98. The Kier molecular flexibility index (Phi) is 4.98. The fourth-order valence-electron chi connectivity index (χ4n) is 2.75. The normalized spacial score (nSPS) is 22.7. The number of hydroxylamine groups is 1. The van der Waals surface area contributed by atoms with Gasteiger partial charge in [0, 0.05) is 18.6 Å². The van der Waals surface area contributed by atoms with Gasteiger partial charge in [-0.05, 0) is 31.9 Å². The molecule has 110 valence electrons. The molecule has 0 radical (unpaired) electrons. The molecule has 1 aromatic rings. The van der Waals surface area contributed by atoms with Gasteiger partial charge in [-0.1, -0.05) is 30.3 Å². The van der Waals surface area contributed by atoms with E-state index >= 15 is 0 Å². The molecule has 1 fully saturated rings. The predicted octanol–water partition coefficient (Wildman–Crippen LogP) is 1.90. The molecule has 0 aromatic heterocycles. The topological polar surface area (TPSA) is 53.6 Å². The molecule has 1 aliphatic rings. The van der Waals surface area contributed by atoms with E-state index in [0.717, 1.165) is 25.9 Å². The van der Waals surface area contributed by atoms with Gasteiger partial charge in [0.15, 0.2) is 0 Å². The van der Waals surface area contributed by atoms with E-state index in [0.29, 0.717) is 6.54 Å². The van der Waals surface area contributed by atoms with E-state index in [2.05, 4.69) is 51.7 Å². The summed E-state index contributed by atoms with van der Waals surface area (Å²) < 4.78 is 0. The molecule has 1 aromatic carbocycles. The average molecular weight is 277 g/mol. The Morgan fingerprint density at radius 1 is 1.40 bits per heavy atom. The third-order valence-corrected chi connectivity index (χ3v) is 3.95. The summed E-state index contributed by atoms with van der Waals surface area (Å²) in [6, 6.07) is 10.2. The van der Waals surface area contributed by atoms with Gasteiger partial charge in [0.2, 0.25) is 0 Å². The third-order valence-electron chi connectivity index (χ3n) is 3.95. The van der Waals surface area contributed by atoms with E-state index in [1.165, 1.54) is 12.7 Å². The maximum Gasteiger partial charge on any atom is 0.338 e. The molecule has 2 N–H and O–H groups in total. The first-order valence-corrected chi connectivity index (χ1v) is 7.00. The van der Waals surface area contributed by atoms with Crippen LogP contribution in [0.5, 0.6) is 0 Å². The van der Waals surface area contributed by atoms with Crippen molar-refractivity contribution in [2.45, 2.75) is 31.8 Å². The Bertz CT molecular complexity index is 438. The lowest BCUT2D eigenvalue weighted by molar-refractivity contribution is 0.101. The van der Waals surface area contributed by atoms with E-state index in [1.807, 2.05) is 6.07 Å². The second-order valence-electron chi connectivity index (χ2n) is 5.50. The quantitative estimate of drug-likeness (QED) is 0.808. The summed E-state index contributed by atoms with van der Waals surface area (Å²) in [4.78, 5) is 18.5. The number of carbonyl (C=O) groups is 1. The number of nitrogens with zero attached hydrogens (tertiary/aromatic N) is 1. The minimum atomic E-state index is -0.291. The van der Waals surface area contributed by atoms with Gasteiger partial charge in [0.1, 0.15) is 0 Å². The number of carbonyl (C=O) groups excluding carboxylic acids is 1. The van der Waals surface area contributed by atoms with Crippen molar-refractivity contribution in [1.29, 1.82) is 0 Å². The lowest BCUT2D eigenvalue weighted by Gasteiger charge is -2.35. The van der Waals surface area contributed by atoms with Crippen LogP contribution in [0.3, 0.4) is 0 Å². The molecule has 0 saturated carbocycles. The van der Waals surface area contributed by atoms with Gasteiger partial charge in [-0.15, -0.1) is 0 Å². The smallest absolute Gasteiger partial charge is 0.335 e. The zero-order valence-corrected chi connectivity index (χ0v) is 12.2. The Morgan fingerprint density at radius 2 is 2.15 bits per heavy atom. The third kappa shape index (κ3) is 3.71. The summed E-state index contributed by atoms with van der Waals surface area (Å²) in [6.07, 6.45) is 2.25. The Hall–Kier alpha value is -1.59. The van der Waals surface area contributed by atoms with Gasteiger partial charge in [0.25, 0.3) is 0 Å². The minimum Gasteiger partial charge on any atom is -0.335 e. The number of hydrogen-bond acceptors (Lipinski definition) is 3. The summed E-state index contributed by atoms with van der Waals surface area (Å²) in [5, 5.41) is 2.87. The largest absolute Gasteiger partial charge is 0.338 e. The minimum absolute atomic E-state index is 0.000916. The SMILES string of the molecule is CONC(=O)NC[C@]1(C)CCCN1Cc1ccccc1. The summed E-state index contributed by atoms with van der Waals surface area (Å²) in [5.74, 6) is 0. The number of amides is 2. The monoisotopic (exact) mass is 277 g/mol. The van der Waals surface area contributed by atoms with Gasteiger partial charge >= 0.3 is 6.03 Å². The summed E-state index contributed by atoms with van der Waals surface area (Å²) in [5.41, 5.74) is 3.59. The van der Waals surface area contributed by atoms with Crippen molar-refractivity contribution < 1.29 is 9.63 Å². The van der Waals surface area contributed by atoms with E-state index < -0.39 is 0 Å². The Balaban J connectivity index is 1.93. The van der Waals surface area contributed by atoms with Gasteiger partial charge < -0.3 is 5.32 Å². The number of nitrogens with one attached hydrogen (secondary N) is 2. The second kappa shape index (κ2) is 6.72. The summed E-state index contributed by atoms with van der Waals surface area (Å²) in [6.45, 7) is 4.81. The molecule has 1 saturated heterocycles. The molecule has 0 bridgehead atoms. The maximum absolute atomic E-state index is 11.4. The maximum atomic E-state index is 11.4. The van der Waals surface area contributed by atoms with E-state index in [4.69, 9.17) is 0 Å². The standard InChI is InChI=1S/C15H23N3O2/c1-15(12-16-14(19)17-20-2)9-6-10-18(15)11-13-7-4-3-5-8-13/h3-5,7-8H,6,9-12H2,1-2H3,(H2,16,17,19)/t15-/m0/s1. The van der Waals surface area contributed by atoms with Crippen LogP contribution in [0.2, 0.25) is 0 Å². The highest BCUT2D eigenvalue weighted by Gasteiger charge is 2.36. The van der Waals surface area contributed by atoms with Crippen LogP contribution >= 0.6 is 0 Å². The first-order chi connectivity index (χ1) is 9.64. The first-order valence-electron chi connectivity index (χ1n) is 7.00. The number of benzene rings is 1. The van der Waals surface area contributed by atoms with Crippen molar-refractivity contribution in [1.82, 2.24) is 15.7 Å². The van der Waals surface area contributed by atoms with Crippen molar-refractivity contribution in [2.24, 2.45) is 0 Å². The van der Waals surface area contributed by atoms with Crippen LogP contribution in [0.25, 0.3) is 0 Å². The number of hydrogen-bond donors (Lipinski definition) is 2. The van der Waals surface area contributed by atoms with Crippen molar-refractivity contribution >= 4 is 6.03 Å². The van der Waals surface area contributed by atoms with Crippen molar-refractivity contribution in [3.63, 3.8) is 0 Å². The van der Waals surface area contributed by atoms with Crippen LogP contribution < -0.4 is 10.8 Å². The molecule has 5 heteroatoms. The number of rotatable bonds is 5.